The number of thiophene rings is 1. The Labute approximate surface area is 229 Å². The second kappa shape index (κ2) is 11.8. The number of methoxy groups -OCH3 is 1. The standard InChI is InChI=1S/C26H26N4O7S2/c1-16-6-9-19(10-7-16)30-25(17(2)23(29-30)26(32)33)37-20-11-8-18(28-24(31)21-5-4-14-38-21)15-22(20)39(34,35)27-12-13-36-3/h4-11,14-15,27H,12-13H2,1-3H3,(H,28,31)(H,32,33). The van der Waals surface area contributed by atoms with E-state index < -0.39 is 21.9 Å². The molecule has 0 radical (unpaired) electrons. The molecule has 11 nitrogen and oxygen atoms in total. The maximum absolute atomic E-state index is 13.3. The molecule has 0 saturated carbocycles. The Balaban J connectivity index is 1.79. The van der Waals surface area contributed by atoms with Crippen molar-refractivity contribution in [2.45, 2.75) is 18.7 Å². The van der Waals surface area contributed by atoms with Gasteiger partial charge in [-0.3, -0.25) is 4.79 Å². The number of sulfonamides is 1. The summed E-state index contributed by atoms with van der Waals surface area (Å²) in [6.07, 6.45) is 0. The number of ether oxygens (including phenoxy) is 2. The van der Waals surface area contributed by atoms with Gasteiger partial charge in [-0.15, -0.1) is 11.3 Å². The van der Waals surface area contributed by atoms with Gasteiger partial charge < -0.3 is 19.9 Å². The Bertz CT molecular complexity index is 1600. The van der Waals surface area contributed by atoms with Crippen molar-refractivity contribution in [2.75, 3.05) is 25.6 Å². The van der Waals surface area contributed by atoms with Gasteiger partial charge in [-0.05, 0) is 55.6 Å². The van der Waals surface area contributed by atoms with Crippen molar-refractivity contribution in [3.8, 4) is 17.3 Å². The molecule has 0 bridgehead atoms. The number of aromatic nitrogens is 2. The van der Waals surface area contributed by atoms with Crippen LogP contribution in [0.25, 0.3) is 5.69 Å². The van der Waals surface area contributed by atoms with Gasteiger partial charge in [0, 0.05) is 24.9 Å². The number of benzene rings is 2. The van der Waals surface area contributed by atoms with Crippen LogP contribution in [-0.4, -0.2) is 55.4 Å². The Morgan fingerprint density at radius 1 is 1.10 bits per heavy atom. The third-order valence-corrected chi connectivity index (χ3v) is 7.94. The largest absolute Gasteiger partial charge is 0.476 e. The van der Waals surface area contributed by atoms with Crippen LogP contribution >= 0.6 is 11.3 Å². The maximum atomic E-state index is 13.3. The molecule has 0 unspecified atom stereocenters. The third-order valence-electron chi connectivity index (χ3n) is 5.59. The summed E-state index contributed by atoms with van der Waals surface area (Å²) < 4.78 is 41.4. The molecule has 0 aliphatic rings. The third kappa shape index (κ3) is 6.34. The summed E-state index contributed by atoms with van der Waals surface area (Å²) in [5, 5.41) is 18.3. The van der Waals surface area contributed by atoms with E-state index in [-0.39, 0.29) is 46.6 Å². The zero-order valence-corrected chi connectivity index (χ0v) is 22.9. The van der Waals surface area contributed by atoms with Crippen LogP contribution in [0.15, 0.2) is 64.9 Å². The number of amides is 1. The minimum atomic E-state index is -4.15. The number of aryl methyl sites for hydroxylation is 1. The molecule has 0 aliphatic heterocycles. The quantitative estimate of drug-likeness (QED) is 0.227. The van der Waals surface area contributed by atoms with Crippen LogP contribution < -0.4 is 14.8 Å². The van der Waals surface area contributed by atoms with Crippen LogP contribution in [0.3, 0.4) is 0 Å². The fourth-order valence-electron chi connectivity index (χ4n) is 3.61. The van der Waals surface area contributed by atoms with Crippen LogP contribution in [0.5, 0.6) is 11.6 Å². The average molecular weight is 571 g/mol. The van der Waals surface area contributed by atoms with Crippen molar-refractivity contribution in [1.29, 1.82) is 0 Å². The van der Waals surface area contributed by atoms with E-state index in [1.54, 1.807) is 29.6 Å². The minimum Gasteiger partial charge on any atom is -0.476 e. The van der Waals surface area contributed by atoms with E-state index in [2.05, 4.69) is 15.1 Å². The van der Waals surface area contributed by atoms with Gasteiger partial charge in [0.1, 0.15) is 10.6 Å². The van der Waals surface area contributed by atoms with Crippen LogP contribution in [-0.2, 0) is 14.8 Å². The number of carboxylic acid groups (broad SMARTS) is 1. The summed E-state index contributed by atoms with van der Waals surface area (Å²) in [7, 11) is -2.71. The van der Waals surface area contributed by atoms with E-state index in [1.807, 2.05) is 19.1 Å². The molecule has 0 atom stereocenters. The van der Waals surface area contributed by atoms with E-state index >= 15 is 0 Å². The highest BCUT2D eigenvalue weighted by atomic mass is 32.2. The molecule has 1 amide bonds. The highest BCUT2D eigenvalue weighted by molar-refractivity contribution is 7.89. The molecule has 0 saturated heterocycles. The summed E-state index contributed by atoms with van der Waals surface area (Å²) in [5.41, 5.74) is 1.69. The summed E-state index contributed by atoms with van der Waals surface area (Å²) in [6.45, 7) is 3.56. The molecular weight excluding hydrogens is 544 g/mol. The first-order chi connectivity index (χ1) is 18.6. The Morgan fingerprint density at radius 3 is 2.49 bits per heavy atom. The van der Waals surface area contributed by atoms with E-state index in [1.165, 1.54) is 48.3 Å². The normalized spacial score (nSPS) is 11.4. The molecule has 2 heterocycles. The second-order valence-corrected chi connectivity index (χ2v) is 11.1. The maximum Gasteiger partial charge on any atom is 0.356 e. The smallest absolute Gasteiger partial charge is 0.356 e. The Kier molecular flexibility index (Phi) is 8.45. The topological polar surface area (TPSA) is 149 Å². The number of carbonyl (C=O) groups is 2. The predicted octanol–water partition coefficient (Wildman–Crippen LogP) is 4.22. The highest BCUT2D eigenvalue weighted by Crippen LogP contribution is 2.35. The number of aromatic carboxylic acids is 1. The number of carbonyl (C=O) groups excluding carboxylic acids is 1. The number of carboxylic acids is 1. The van der Waals surface area contributed by atoms with Gasteiger partial charge in [0.2, 0.25) is 15.9 Å². The lowest BCUT2D eigenvalue weighted by Gasteiger charge is -2.16. The van der Waals surface area contributed by atoms with Gasteiger partial charge in [0.15, 0.2) is 5.69 Å². The van der Waals surface area contributed by atoms with Crippen molar-refractivity contribution >= 4 is 38.9 Å². The molecule has 4 rings (SSSR count). The first-order valence-electron chi connectivity index (χ1n) is 11.7. The summed E-state index contributed by atoms with van der Waals surface area (Å²) in [5.74, 6) is -1.72. The van der Waals surface area contributed by atoms with Gasteiger partial charge in [0.25, 0.3) is 5.91 Å². The summed E-state index contributed by atoms with van der Waals surface area (Å²) >= 11 is 1.25. The van der Waals surface area contributed by atoms with Crippen LogP contribution in [0.4, 0.5) is 5.69 Å². The molecule has 2 aromatic heterocycles. The Hall–Kier alpha value is -4.04. The number of rotatable bonds is 11. The van der Waals surface area contributed by atoms with Crippen LogP contribution in [0.2, 0.25) is 0 Å². The molecular formula is C26H26N4O7S2. The number of nitrogens with zero attached hydrogens (tertiary/aromatic N) is 2. The summed E-state index contributed by atoms with van der Waals surface area (Å²) in [6, 6.07) is 14.7. The lowest BCUT2D eigenvalue weighted by molar-refractivity contribution is 0.0689. The van der Waals surface area contributed by atoms with Gasteiger partial charge in [-0.2, -0.15) is 9.78 Å². The van der Waals surface area contributed by atoms with Gasteiger partial charge >= 0.3 is 5.97 Å². The van der Waals surface area contributed by atoms with Crippen molar-refractivity contribution < 1.29 is 32.6 Å². The predicted molar refractivity (Wildman–Crippen MR) is 146 cm³/mol. The summed E-state index contributed by atoms with van der Waals surface area (Å²) in [4.78, 5) is 24.6. The van der Waals surface area contributed by atoms with E-state index in [0.717, 1.165) is 5.56 Å². The van der Waals surface area contributed by atoms with E-state index in [9.17, 15) is 23.1 Å². The molecule has 0 spiro atoms. The lowest BCUT2D eigenvalue weighted by Crippen LogP contribution is -2.27. The SMILES string of the molecule is COCCNS(=O)(=O)c1cc(NC(=O)c2cccs2)ccc1Oc1c(C)c(C(=O)O)nn1-c1ccc(C)cc1. The highest BCUT2D eigenvalue weighted by Gasteiger charge is 2.26. The fourth-order valence-corrected chi connectivity index (χ4v) is 5.39. The number of hydrogen-bond donors (Lipinski definition) is 3. The first kappa shape index (κ1) is 28.0. The zero-order chi connectivity index (χ0) is 28.2. The van der Waals surface area contributed by atoms with Crippen LogP contribution in [0.1, 0.15) is 31.3 Å². The molecule has 0 aliphatic carbocycles. The molecule has 4 aromatic rings. The van der Waals surface area contributed by atoms with Crippen molar-refractivity contribution in [2.24, 2.45) is 0 Å². The minimum absolute atomic E-state index is 0.00640. The Morgan fingerprint density at radius 2 is 1.85 bits per heavy atom. The molecule has 0 fully saturated rings. The number of anilines is 1. The van der Waals surface area contributed by atoms with E-state index in [0.29, 0.717) is 10.6 Å². The fraction of sp³-hybridized carbons (Fsp3) is 0.192. The molecule has 3 N–H and O–H groups in total. The average Bonchev–Trinajstić information content (AvgIpc) is 3.55. The number of hydrogen-bond acceptors (Lipinski definition) is 8. The van der Waals surface area contributed by atoms with E-state index in [4.69, 9.17) is 9.47 Å². The first-order valence-corrected chi connectivity index (χ1v) is 14.0. The lowest BCUT2D eigenvalue weighted by atomic mass is 10.2. The molecule has 204 valence electrons. The van der Waals surface area contributed by atoms with Crippen molar-refractivity contribution in [1.82, 2.24) is 14.5 Å². The van der Waals surface area contributed by atoms with Gasteiger partial charge in [0.05, 0.1) is 17.2 Å². The molecule has 2 aromatic carbocycles. The van der Waals surface area contributed by atoms with Gasteiger partial charge in [-0.1, -0.05) is 23.8 Å². The monoisotopic (exact) mass is 570 g/mol. The van der Waals surface area contributed by atoms with Crippen LogP contribution in [0, 0.1) is 13.8 Å². The second-order valence-electron chi connectivity index (χ2n) is 8.42. The van der Waals surface area contributed by atoms with Crippen molar-refractivity contribution in [3.63, 3.8) is 0 Å². The zero-order valence-electron chi connectivity index (χ0n) is 21.3. The molecule has 39 heavy (non-hydrogen) atoms. The van der Waals surface area contributed by atoms with Gasteiger partial charge in [-0.25, -0.2) is 17.9 Å². The van der Waals surface area contributed by atoms with Crippen molar-refractivity contribution in [3.05, 3.63) is 81.7 Å². The number of nitrogens with one attached hydrogen (secondary N) is 2. The molecule has 13 heteroatoms.